The predicted molar refractivity (Wildman–Crippen MR) is 90.6 cm³/mol. The molecule has 2 N–H and O–H groups in total. The van der Waals surface area contributed by atoms with Gasteiger partial charge in [-0.25, -0.2) is 4.98 Å². The van der Waals surface area contributed by atoms with Crippen molar-refractivity contribution in [3.63, 3.8) is 0 Å². The molecule has 1 saturated heterocycles. The summed E-state index contributed by atoms with van der Waals surface area (Å²) in [4.78, 5) is 18.8. The van der Waals surface area contributed by atoms with Gasteiger partial charge in [0.25, 0.3) is 5.91 Å². The van der Waals surface area contributed by atoms with Crippen molar-refractivity contribution in [2.75, 3.05) is 13.2 Å². The molecule has 1 aromatic heterocycles. The largest absolute Gasteiger partial charge is 0.369 e. The van der Waals surface area contributed by atoms with Gasteiger partial charge in [0.2, 0.25) is 0 Å². The summed E-state index contributed by atoms with van der Waals surface area (Å²) in [6.45, 7) is 3.24. The van der Waals surface area contributed by atoms with E-state index < -0.39 is 0 Å². The van der Waals surface area contributed by atoms with Gasteiger partial charge in [-0.05, 0) is 13.0 Å². The van der Waals surface area contributed by atoms with Crippen LogP contribution in [0.1, 0.15) is 34.1 Å². The third-order valence-electron chi connectivity index (χ3n) is 3.89. The van der Waals surface area contributed by atoms with Gasteiger partial charge in [-0.3, -0.25) is 4.79 Å². The number of carbonyl (C=O) groups is 1. The Morgan fingerprint density at radius 3 is 3.00 bits per heavy atom. The minimum atomic E-state index is -0.225. The molecule has 3 rings (SSSR count). The molecule has 23 heavy (non-hydrogen) atoms. The summed E-state index contributed by atoms with van der Waals surface area (Å²) in [6.07, 6.45) is -0.225. The van der Waals surface area contributed by atoms with E-state index in [1.807, 2.05) is 31.2 Å². The molecule has 7 heteroatoms. The van der Waals surface area contributed by atoms with Crippen LogP contribution in [0.2, 0.25) is 5.02 Å². The number of halogens is 1. The highest BCUT2D eigenvalue weighted by Gasteiger charge is 2.32. The summed E-state index contributed by atoms with van der Waals surface area (Å²) in [5, 5.41) is 3.17. The summed E-state index contributed by atoms with van der Waals surface area (Å²) in [5.74, 6) is -0.0891. The average molecular weight is 352 g/mol. The van der Waals surface area contributed by atoms with E-state index in [1.54, 1.807) is 10.3 Å². The second-order valence-corrected chi connectivity index (χ2v) is 6.83. The Morgan fingerprint density at radius 1 is 1.52 bits per heavy atom. The Bertz CT molecular complexity index is 706. The fourth-order valence-electron chi connectivity index (χ4n) is 2.61. The quantitative estimate of drug-likeness (QED) is 0.923. The van der Waals surface area contributed by atoms with Gasteiger partial charge in [-0.1, -0.05) is 29.8 Å². The zero-order valence-corrected chi connectivity index (χ0v) is 14.3. The van der Waals surface area contributed by atoms with E-state index in [-0.39, 0.29) is 18.1 Å². The molecule has 2 atom stereocenters. The van der Waals surface area contributed by atoms with Gasteiger partial charge in [0.1, 0.15) is 16.8 Å². The average Bonchev–Trinajstić information content (AvgIpc) is 3.04. The Morgan fingerprint density at radius 2 is 2.30 bits per heavy atom. The lowest BCUT2D eigenvalue weighted by Crippen LogP contribution is -2.48. The lowest BCUT2D eigenvalue weighted by Gasteiger charge is -2.38. The molecule has 1 aliphatic heterocycles. The summed E-state index contributed by atoms with van der Waals surface area (Å²) < 4.78 is 5.88. The van der Waals surface area contributed by atoms with Crippen LogP contribution in [-0.2, 0) is 11.3 Å². The molecule has 1 amide bonds. The van der Waals surface area contributed by atoms with Crippen molar-refractivity contribution in [2.24, 2.45) is 5.73 Å². The number of aromatic nitrogens is 1. The van der Waals surface area contributed by atoms with Gasteiger partial charge in [0.05, 0.1) is 19.2 Å². The number of nitrogens with two attached hydrogens (primary N) is 1. The first-order valence-corrected chi connectivity index (χ1v) is 8.67. The van der Waals surface area contributed by atoms with Crippen molar-refractivity contribution < 1.29 is 9.53 Å². The predicted octanol–water partition coefficient (Wildman–Crippen LogP) is 2.86. The van der Waals surface area contributed by atoms with Crippen LogP contribution in [0.15, 0.2) is 29.6 Å². The topological polar surface area (TPSA) is 68.5 Å². The first kappa shape index (κ1) is 16.4. The molecule has 1 aromatic carbocycles. The molecule has 1 aliphatic rings. The lowest BCUT2D eigenvalue weighted by atomic mass is 10.1. The van der Waals surface area contributed by atoms with Crippen molar-refractivity contribution in [1.82, 2.24) is 9.88 Å². The number of ether oxygens (including phenoxy) is 1. The number of hydrogen-bond donors (Lipinski definition) is 1. The fraction of sp³-hybridized carbons (Fsp3) is 0.375. The standard InChI is InChI=1S/C16H18ClN3O2S/c1-10-8-22-14(11-4-2-3-5-12(11)17)7-20(10)16(21)13-9-23-15(6-18)19-13/h2-5,9-10,14H,6-8,18H2,1H3/t10-,14-/m0/s1. The normalized spacial score (nSPS) is 21.4. The van der Waals surface area contributed by atoms with Crippen molar-refractivity contribution in [3.8, 4) is 0 Å². The molecule has 1 fully saturated rings. The molecule has 0 spiro atoms. The van der Waals surface area contributed by atoms with E-state index >= 15 is 0 Å². The highest BCUT2D eigenvalue weighted by atomic mass is 35.5. The number of benzene rings is 1. The van der Waals surface area contributed by atoms with E-state index in [9.17, 15) is 4.79 Å². The third-order valence-corrected chi connectivity index (χ3v) is 5.11. The van der Waals surface area contributed by atoms with E-state index in [1.165, 1.54) is 11.3 Å². The van der Waals surface area contributed by atoms with Crippen molar-refractivity contribution in [3.05, 3.63) is 50.9 Å². The zero-order valence-electron chi connectivity index (χ0n) is 12.7. The number of morpholine rings is 1. The van der Waals surface area contributed by atoms with Gasteiger partial charge >= 0.3 is 0 Å². The number of rotatable bonds is 3. The molecule has 122 valence electrons. The van der Waals surface area contributed by atoms with Gasteiger partial charge < -0.3 is 15.4 Å². The Labute approximate surface area is 144 Å². The molecule has 0 radical (unpaired) electrons. The highest BCUT2D eigenvalue weighted by molar-refractivity contribution is 7.09. The maximum absolute atomic E-state index is 12.7. The molecule has 5 nitrogen and oxygen atoms in total. The molecule has 2 heterocycles. The molecule has 0 aliphatic carbocycles. The monoisotopic (exact) mass is 351 g/mol. The van der Waals surface area contributed by atoms with Gasteiger partial charge in [0, 0.05) is 22.5 Å². The smallest absolute Gasteiger partial charge is 0.273 e. The highest BCUT2D eigenvalue weighted by Crippen LogP contribution is 2.30. The second-order valence-electron chi connectivity index (χ2n) is 5.48. The van der Waals surface area contributed by atoms with Crippen LogP contribution in [0, 0.1) is 0 Å². The maximum Gasteiger partial charge on any atom is 0.273 e. The third kappa shape index (κ3) is 3.40. The molecule has 0 bridgehead atoms. The van der Waals surface area contributed by atoms with Crippen molar-refractivity contribution in [2.45, 2.75) is 25.6 Å². The van der Waals surface area contributed by atoms with E-state index in [0.717, 1.165) is 10.6 Å². The SMILES string of the molecule is C[C@H]1CO[C@H](c2ccccc2Cl)CN1C(=O)c1csc(CN)n1. The first-order chi connectivity index (χ1) is 11.1. The number of carbonyl (C=O) groups excluding carboxylic acids is 1. The van der Waals surface area contributed by atoms with Crippen LogP contribution in [0.25, 0.3) is 0 Å². The molecule has 2 aromatic rings. The zero-order chi connectivity index (χ0) is 16.4. The van der Waals surface area contributed by atoms with Crippen LogP contribution in [0.4, 0.5) is 0 Å². The minimum Gasteiger partial charge on any atom is -0.369 e. The van der Waals surface area contributed by atoms with Crippen LogP contribution in [0.5, 0.6) is 0 Å². The molecule has 0 saturated carbocycles. The lowest BCUT2D eigenvalue weighted by molar-refractivity contribution is -0.0487. The summed E-state index contributed by atoms with van der Waals surface area (Å²) in [6, 6.07) is 7.55. The van der Waals surface area contributed by atoms with Crippen molar-refractivity contribution >= 4 is 28.8 Å². The Balaban J connectivity index is 1.81. The summed E-state index contributed by atoms with van der Waals surface area (Å²) in [5.41, 5.74) is 6.92. The number of amides is 1. The van der Waals surface area contributed by atoms with E-state index in [4.69, 9.17) is 22.1 Å². The molecular formula is C16H18ClN3O2S. The Kier molecular flexibility index (Phi) is 4.96. The first-order valence-electron chi connectivity index (χ1n) is 7.41. The van der Waals surface area contributed by atoms with Crippen LogP contribution < -0.4 is 5.73 Å². The summed E-state index contributed by atoms with van der Waals surface area (Å²) in [7, 11) is 0. The number of thiazole rings is 1. The van der Waals surface area contributed by atoms with Crippen LogP contribution in [0.3, 0.4) is 0 Å². The fourth-order valence-corrected chi connectivity index (χ4v) is 3.52. The second kappa shape index (κ2) is 6.97. The maximum atomic E-state index is 12.7. The Hall–Kier alpha value is -1.47. The number of nitrogens with zero attached hydrogens (tertiary/aromatic N) is 2. The van der Waals surface area contributed by atoms with Gasteiger partial charge in [-0.15, -0.1) is 11.3 Å². The van der Waals surface area contributed by atoms with Gasteiger partial charge in [0.15, 0.2) is 0 Å². The van der Waals surface area contributed by atoms with E-state index in [2.05, 4.69) is 4.98 Å². The van der Waals surface area contributed by atoms with Crippen LogP contribution in [-0.4, -0.2) is 35.0 Å². The molecule has 0 unspecified atom stereocenters. The minimum absolute atomic E-state index is 0.00994. The summed E-state index contributed by atoms with van der Waals surface area (Å²) >= 11 is 7.66. The molecular weight excluding hydrogens is 334 g/mol. The van der Waals surface area contributed by atoms with Crippen molar-refractivity contribution in [1.29, 1.82) is 0 Å². The van der Waals surface area contributed by atoms with Crippen LogP contribution >= 0.6 is 22.9 Å². The number of hydrogen-bond acceptors (Lipinski definition) is 5. The van der Waals surface area contributed by atoms with E-state index in [0.29, 0.717) is 30.4 Å². The van der Waals surface area contributed by atoms with Gasteiger partial charge in [-0.2, -0.15) is 0 Å².